The van der Waals surface area contributed by atoms with Crippen LogP contribution in [0.3, 0.4) is 0 Å². The first-order valence-corrected chi connectivity index (χ1v) is 9.35. The average Bonchev–Trinajstić information content (AvgIpc) is 2.96. The van der Waals surface area contributed by atoms with Crippen LogP contribution in [0, 0.1) is 13.8 Å². The Bertz CT molecular complexity index is 1080. The standard InChI is InChI=1S/C21H24N4O2/c1-13-6-7-18-16(9-13)10-19(24(18)3)21(27)25-8-4-5-15(12-25)17-11-20(26)23-14(2)22-17/h6-7,9-11,15H,4-5,8,12H2,1-3H3,(H,22,23,26)/t15-/m1/s1. The topological polar surface area (TPSA) is 71.0 Å². The molecule has 0 bridgehead atoms. The number of hydrogen-bond acceptors (Lipinski definition) is 3. The number of nitrogens with one attached hydrogen (secondary N) is 1. The molecule has 1 fully saturated rings. The second-order valence-electron chi connectivity index (χ2n) is 7.50. The van der Waals surface area contributed by atoms with E-state index in [-0.39, 0.29) is 17.4 Å². The highest BCUT2D eigenvalue weighted by Gasteiger charge is 2.28. The molecule has 6 nitrogen and oxygen atoms in total. The van der Waals surface area contributed by atoms with Crippen LogP contribution in [0.5, 0.6) is 0 Å². The van der Waals surface area contributed by atoms with Crippen molar-refractivity contribution in [3.8, 4) is 0 Å². The number of nitrogens with zero attached hydrogens (tertiary/aromatic N) is 3. The lowest BCUT2D eigenvalue weighted by Crippen LogP contribution is -2.40. The Kier molecular flexibility index (Phi) is 4.34. The number of aromatic amines is 1. The first kappa shape index (κ1) is 17.5. The van der Waals surface area contributed by atoms with E-state index in [4.69, 9.17) is 0 Å². The van der Waals surface area contributed by atoms with Gasteiger partial charge in [-0.3, -0.25) is 9.59 Å². The maximum atomic E-state index is 13.2. The van der Waals surface area contributed by atoms with Gasteiger partial charge in [-0.2, -0.15) is 0 Å². The van der Waals surface area contributed by atoms with E-state index in [1.807, 2.05) is 22.6 Å². The smallest absolute Gasteiger partial charge is 0.270 e. The van der Waals surface area contributed by atoms with Crippen LogP contribution in [0.2, 0.25) is 0 Å². The number of rotatable bonds is 2. The van der Waals surface area contributed by atoms with Gasteiger partial charge in [0, 0.05) is 43.0 Å². The molecule has 1 aromatic carbocycles. The Labute approximate surface area is 157 Å². The van der Waals surface area contributed by atoms with Crippen LogP contribution < -0.4 is 5.56 Å². The lowest BCUT2D eigenvalue weighted by atomic mass is 9.94. The molecule has 1 saturated heterocycles. The molecule has 1 amide bonds. The largest absolute Gasteiger partial charge is 0.340 e. The summed E-state index contributed by atoms with van der Waals surface area (Å²) in [6, 6.07) is 9.76. The number of carbonyl (C=O) groups is 1. The minimum absolute atomic E-state index is 0.0395. The number of fused-ring (bicyclic) bond motifs is 1. The molecule has 4 rings (SSSR count). The summed E-state index contributed by atoms with van der Waals surface area (Å²) in [6.07, 6.45) is 1.85. The number of hydrogen-bond donors (Lipinski definition) is 1. The van der Waals surface area contributed by atoms with Gasteiger partial charge in [-0.15, -0.1) is 0 Å². The van der Waals surface area contributed by atoms with Crippen molar-refractivity contribution in [3.63, 3.8) is 0 Å². The van der Waals surface area contributed by atoms with Crippen LogP contribution in [-0.4, -0.2) is 38.4 Å². The number of carbonyl (C=O) groups excluding carboxylic acids is 1. The highest BCUT2D eigenvalue weighted by molar-refractivity contribution is 5.99. The molecule has 2 aromatic heterocycles. The van der Waals surface area contributed by atoms with Crippen molar-refractivity contribution in [1.82, 2.24) is 19.4 Å². The SMILES string of the molecule is Cc1ccc2c(c1)cc(C(=O)N1CCC[C@@H](c3cc(=O)[nH]c(C)n3)C1)n2C. The molecule has 0 saturated carbocycles. The Morgan fingerprint density at radius 3 is 2.81 bits per heavy atom. The second kappa shape index (κ2) is 6.68. The zero-order valence-corrected chi connectivity index (χ0v) is 16.0. The summed E-state index contributed by atoms with van der Waals surface area (Å²) in [4.78, 5) is 34.1. The zero-order valence-electron chi connectivity index (χ0n) is 16.0. The van der Waals surface area contributed by atoms with Crippen LogP contribution >= 0.6 is 0 Å². The van der Waals surface area contributed by atoms with Gasteiger partial charge in [0.2, 0.25) is 0 Å². The third kappa shape index (κ3) is 3.27. The van der Waals surface area contributed by atoms with Gasteiger partial charge in [0.25, 0.3) is 11.5 Å². The first-order chi connectivity index (χ1) is 12.9. The second-order valence-corrected chi connectivity index (χ2v) is 7.50. The van der Waals surface area contributed by atoms with Gasteiger partial charge < -0.3 is 14.5 Å². The molecular weight excluding hydrogens is 340 g/mol. The Morgan fingerprint density at radius 2 is 2.04 bits per heavy atom. The third-order valence-electron chi connectivity index (χ3n) is 5.42. The maximum Gasteiger partial charge on any atom is 0.270 e. The molecule has 27 heavy (non-hydrogen) atoms. The minimum atomic E-state index is -0.134. The van der Waals surface area contributed by atoms with Gasteiger partial charge in [-0.05, 0) is 44.9 Å². The number of H-pyrrole nitrogens is 1. The summed E-state index contributed by atoms with van der Waals surface area (Å²) in [5.41, 5.74) is 3.59. The predicted molar refractivity (Wildman–Crippen MR) is 105 cm³/mol. The molecule has 3 aromatic rings. The predicted octanol–water partition coefficient (Wildman–Crippen LogP) is 2.90. The molecule has 140 valence electrons. The van der Waals surface area contributed by atoms with Gasteiger partial charge in [0.05, 0.1) is 5.69 Å². The molecule has 1 N–H and O–H groups in total. The van der Waals surface area contributed by atoms with Crippen molar-refractivity contribution in [2.24, 2.45) is 7.05 Å². The highest BCUT2D eigenvalue weighted by atomic mass is 16.2. The fourth-order valence-corrected chi connectivity index (χ4v) is 4.05. The van der Waals surface area contributed by atoms with Crippen LogP contribution in [-0.2, 0) is 7.05 Å². The van der Waals surface area contributed by atoms with E-state index in [1.165, 1.54) is 5.56 Å². The van der Waals surface area contributed by atoms with E-state index in [0.717, 1.165) is 36.0 Å². The van der Waals surface area contributed by atoms with Crippen molar-refractivity contribution in [1.29, 1.82) is 0 Å². The lowest BCUT2D eigenvalue weighted by molar-refractivity contribution is 0.0696. The normalized spacial score (nSPS) is 17.4. The lowest BCUT2D eigenvalue weighted by Gasteiger charge is -2.32. The van der Waals surface area contributed by atoms with Gasteiger partial charge in [-0.1, -0.05) is 11.6 Å². The van der Waals surface area contributed by atoms with E-state index in [1.54, 1.807) is 13.0 Å². The molecule has 0 radical (unpaired) electrons. The summed E-state index contributed by atoms with van der Waals surface area (Å²) in [7, 11) is 1.94. The number of benzene rings is 1. The van der Waals surface area contributed by atoms with Crippen LogP contribution in [0.1, 0.15) is 46.3 Å². The zero-order chi connectivity index (χ0) is 19.1. The summed E-state index contributed by atoms with van der Waals surface area (Å²) in [5.74, 6) is 0.753. The quantitative estimate of drug-likeness (QED) is 0.760. The van der Waals surface area contributed by atoms with Crippen molar-refractivity contribution < 1.29 is 4.79 Å². The van der Waals surface area contributed by atoms with Crippen molar-refractivity contribution in [2.45, 2.75) is 32.6 Å². The molecule has 1 aliphatic rings. The molecule has 1 atom stereocenters. The molecule has 6 heteroatoms. The average molecular weight is 364 g/mol. The van der Waals surface area contributed by atoms with Gasteiger partial charge >= 0.3 is 0 Å². The molecule has 0 spiro atoms. The van der Waals surface area contributed by atoms with Gasteiger partial charge in [0.15, 0.2) is 0 Å². The maximum absolute atomic E-state index is 13.2. The number of aromatic nitrogens is 3. The van der Waals surface area contributed by atoms with Crippen LogP contribution in [0.25, 0.3) is 10.9 Å². The van der Waals surface area contributed by atoms with Crippen LogP contribution in [0.4, 0.5) is 0 Å². The Morgan fingerprint density at radius 1 is 1.22 bits per heavy atom. The summed E-state index contributed by atoms with van der Waals surface area (Å²) >= 11 is 0. The molecule has 0 unspecified atom stereocenters. The third-order valence-corrected chi connectivity index (χ3v) is 5.42. The van der Waals surface area contributed by atoms with Crippen molar-refractivity contribution >= 4 is 16.8 Å². The number of likely N-dealkylation sites (tertiary alicyclic amines) is 1. The number of amides is 1. The number of piperidine rings is 1. The van der Waals surface area contributed by atoms with E-state index >= 15 is 0 Å². The summed E-state index contributed by atoms with van der Waals surface area (Å²) in [6.45, 7) is 5.17. The Balaban J connectivity index is 1.62. The Hall–Kier alpha value is -2.89. The highest BCUT2D eigenvalue weighted by Crippen LogP contribution is 2.27. The van der Waals surface area contributed by atoms with Gasteiger partial charge in [-0.25, -0.2) is 4.98 Å². The van der Waals surface area contributed by atoms with E-state index in [2.05, 4.69) is 35.1 Å². The van der Waals surface area contributed by atoms with Gasteiger partial charge in [0.1, 0.15) is 11.5 Å². The minimum Gasteiger partial charge on any atom is -0.340 e. The molecular formula is C21H24N4O2. The first-order valence-electron chi connectivity index (χ1n) is 9.35. The van der Waals surface area contributed by atoms with Crippen LogP contribution in [0.15, 0.2) is 35.1 Å². The fourth-order valence-electron chi connectivity index (χ4n) is 4.05. The monoisotopic (exact) mass is 364 g/mol. The van der Waals surface area contributed by atoms with Crippen molar-refractivity contribution in [3.05, 3.63) is 63.5 Å². The fraction of sp³-hybridized carbons (Fsp3) is 0.381. The molecule has 1 aliphatic heterocycles. The summed E-state index contributed by atoms with van der Waals surface area (Å²) < 4.78 is 1.97. The molecule has 3 heterocycles. The van der Waals surface area contributed by atoms with Crippen molar-refractivity contribution in [2.75, 3.05) is 13.1 Å². The summed E-state index contributed by atoms with van der Waals surface area (Å²) in [5, 5.41) is 1.08. The molecule has 0 aliphatic carbocycles. The number of aryl methyl sites for hydroxylation is 3. The van der Waals surface area contributed by atoms with E-state index < -0.39 is 0 Å². The van der Waals surface area contributed by atoms with E-state index in [9.17, 15) is 9.59 Å². The van der Waals surface area contributed by atoms with E-state index in [0.29, 0.717) is 18.1 Å².